The van der Waals surface area contributed by atoms with E-state index in [1.54, 1.807) is 26.0 Å². The third-order valence-electron chi connectivity index (χ3n) is 4.71. The van der Waals surface area contributed by atoms with Crippen LogP contribution in [0.2, 0.25) is 10.0 Å². The molecule has 1 amide bonds. The molecule has 0 aliphatic heterocycles. The number of pyridine rings is 1. The van der Waals surface area contributed by atoms with Crippen LogP contribution in [0.5, 0.6) is 0 Å². The van der Waals surface area contributed by atoms with Crippen molar-refractivity contribution < 1.29 is 14.7 Å². The minimum absolute atomic E-state index is 0.0131. The first-order valence-corrected chi connectivity index (χ1v) is 10.6. The van der Waals surface area contributed by atoms with Gasteiger partial charge in [0.2, 0.25) is 0 Å². The van der Waals surface area contributed by atoms with Gasteiger partial charge < -0.3 is 21.1 Å². The van der Waals surface area contributed by atoms with Crippen molar-refractivity contribution in [3.63, 3.8) is 0 Å². The van der Waals surface area contributed by atoms with Crippen LogP contribution in [0.25, 0.3) is 0 Å². The third-order valence-corrected chi connectivity index (χ3v) is 5.28. The second-order valence-electron chi connectivity index (χ2n) is 7.58. The highest BCUT2D eigenvalue weighted by Gasteiger charge is 2.27. The molecule has 0 aliphatic rings. The van der Waals surface area contributed by atoms with Gasteiger partial charge in [0.05, 0.1) is 15.7 Å². The average molecular weight is 491 g/mol. The van der Waals surface area contributed by atoms with Crippen molar-refractivity contribution in [3.05, 3.63) is 78.3 Å². The number of carbonyl (C=O) groups is 2. The number of rotatable bonds is 9. The molecule has 9 nitrogen and oxygen atoms in total. The molecule has 0 saturated heterocycles. The van der Waals surface area contributed by atoms with Gasteiger partial charge in [0.1, 0.15) is 17.4 Å². The summed E-state index contributed by atoms with van der Waals surface area (Å²) in [5, 5.41) is 18.1. The predicted molar refractivity (Wildman–Crippen MR) is 128 cm³/mol. The number of halogens is 2. The fourth-order valence-corrected chi connectivity index (χ4v) is 3.53. The van der Waals surface area contributed by atoms with Crippen molar-refractivity contribution in [2.75, 3.05) is 16.0 Å². The molecule has 33 heavy (non-hydrogen) atoms. The average Bonchev–Trinajstić information content (AvgIpc) is 2.77. The molecule has 0 unspecified atom stereocenters. The zero-order valence-electron chi connectivity index (χ0n) is 17.6. The number of benzene rings is 1. The summed E-state index contributed by atoms with van der Waals surface area (Å²) in [6, 6.07) is 4.98. The van der Waals surface area contributed by atoms with Gasteiger partial charge in [-0.15, -0.1) is 0 Å². The highest BCUT2D eigenvalue weighted by Crippen LogP contribution is 2.29. The Bertz CT molecular complexity index is 1250. The molecule has 3 rings (SSSR count). The van der Waals surface area contributed by atoms with Gasteiger partial charge in [-0.05, 0) is 31.5 Å². The first-order chi connectivity index (χ1) is 15.6. The summed E-state index contributed by atoms with van der Waals surface area (Å²) in [6.45, 7) is 3.59. The fraction of sp³-hybridized carbons (Fsp3) is 0.227. The smallest absolute Gasteiger partial charge is 0.326 e. The maximum atomic E-state index is 12.5. The van der Waals surface area contributed by atoms with Gasteiger partial charge in [0.15, 0.2) is 0 Å². The molecule has 0 fully saturated rings. The number of carbonyl (C=O) groups excluding carboxylic acids is 1. The normalized spacial score (nSPS) is 11.9. The van der Waals surface area contributed by atoms with Crippen LogP contribution in [0.15, 0.2) is 46.2 Å². The van der Waals surface area contributed by atoms with Crippen LogP contribution in [0.1, 0.15) is 29.8 Å². The predicted octanol–water partition coefficient (Wildman–Crippen LogP) is 3.16. The summed E-state index contributed by atoms with van der Waals surface area (Å²) in [6.07, 6.45) is 2.71. The lowest BCUT2D eigenvalue weighted by Gasteiger charge is -2.21. The number of nitrogens with one attached hydrogen (secondary N) is 3. The molecule has 1 atom stereocenters. The Morgan fingerprint density at radius 3 is 2.00 bits per heavy atom. The quantitative estimate of drug-likeness (QED) is 0.335. The first-order valence-electron chi connectivity index (χ1n) is 9.87. The molecule has 3 aromatic rings. The van der Waals surface area contributed by atoms with Crippen LogP contribution < -0.4 is 26.8 Å². The highest BCUT2D eigenvalue weighted by atomic mass is 35.5. The van der Waals surface area contributed by atoms with Crippen molar-refractivity contribution >= 4 is 52.1 Å². The van der Waals surface area contributed by atoms with Gasteiger partial charge >= 0.3 is 5.97 Å². The molecule has 0 radical (unpaired) electrons. The number of anilines is 3. The minimum atomic E-state index is -1.19. The monoisotopic (exact) mass is 490 g/mol. The molecule has 172 valence electrons. The second kappa shape index (κ2) is 10.0. The first kappa shape index (κ1) is 24.2. The molecule has 1 aromatic heterocycles. The van der Waals surface area contributed by atoms with Gasteiger partial charge in [-0.25, -0.2) is 4.79 Å². The lowest BCUT2D eigenvalue weighted by molar-refractivity contribution is -0.137. The lowest BCUT2D eigenvalue weighted by Crippen LogP contribution is -2.43. The van der Waals surface area contributed by atoms with E-state index in [4.69, 9.17) is 23.2 Å². The molecule has 0 bridgehead atoms. The lowest BCUT2D eigenvalue weighted by atomic mass is 10.0. The van der Waals surface area contributed by atoms with E-state index in [1.807, 2.05) is 0 Å². The van der Waals surface area contributed by atoms with Crippen molar-refractivity contribution in [1.29, 1.82) is 0 Å². The van der Waals surface area contributed by atoms with Crippen LogP contribution in [0, 0.1) is 0 Å². The Balaban J connectivity index is 1.72. The van der Waals surface area contributed by atoms with Crippen molar-refractivity contribution in [3.8, 4) is 0 Å². The number of aromatic nitrogens is 1. The number of carboxylic acid groups (broad SMARTS) is 1. The van der Waals surface area contributed by atoms with E-state index in [0.717, 1.165) is 0 Å². The van der Waals surface area contributed by atoms with Crippen LogP contribution >= 0.6 is 23.2 Å². The van der Waals surface area contributed by atoms with Gasteiger partial charge in [0.25, 0.3) is 16.8 Å². The number of carboxylic acids is 1. The zero-order valence-corrected chi connectivity index (χ0v) is 19.1. The maximum absolute atomic E-state index is 12.5. The third kappa shape index (κ3) is 5.50. The molecule has 11 heteroatoms. The molecular weight excluding hydrogens is 471 g/mol. The van der Waals surface area contributed by atoms with Crippen molar-refractivity contribution in [2.45, 2.75) is 32.4 Å². The van der Waals surface area contributed by atoms with Crippen molar-refractivity contribution in [2.24, 2.45) is 0 Å². The highest BCUT2D eigenvalue weighted by molar-refractivity contribution is 6.39. The number of nitrogens with zero attached hydrogens (tertiary/aromatic N) is 1. The van der Waals surface area contributed by atoms with E-state index in [1.165, 1.54) is 24.5 Å². The maximum Gasteiger partial charge on any atom is 0.326 e. The number of hydrogen-bond donors (Lipinski definition) is 4. The van der Waals surface area contributed by atoms with Crippen LogP contribution in [-0.4, -0.2) is 34.1 Å². The summed E-state index contributed by atoms with van der Waals surface area (Å²) in [4.78, 5) is 51.8. The molecule has 1 heterocycles. The number of aliphatic carboxylic acids is 1. The Morgan fingerprint density at radius 2 is 1.48 bits per heavy atom. The van der Waals surface area contributed by atoms with Crippen LogP contribution in [-0.2, 0) is 11.2 Å². The van der Waals surface area contributed by atoms with Crippen LogP contribution in [0.4, 0.5) is 17.1 Å². The summed E-state index contributed by atoms with van der Waals surface area (Å²) in [5.74, 6) is -1.65. The standard InChI is InChI=1S/C22H20Cl2N4O5/c1-10(2)26-17-18(20(30)19(17)29)27-15(22(32)33)7-11-3-5-12(6-4-11)21(31)28-16-13(23)8-25-9-14(16)24/h3-6,8-10,15,26-27H,7H2,1-2H3,(H,32,33)(H,25,28,31)/t15-/m0/s1. The van der Waals surface area contributed by atoms with Crippen LogP contribution in [0.3, 0.4) is 0 Å². The van der Waals surface area contributed by atoms with E-state index in [0.29, 0.717) is 11.1 Å². The summed E-state index contributed by atoms with van der Waals surface area (Å²) < 4.78 is 0. The second-order valence-corrected chi connectivity index (χ2v) is 8.39. The largest absolute Gasteiger partial charge is 0.480 e. The molecule has 0 spiro atoms. The molecule has 2 aromatic carbocycles. The number of amides is 1. The van der Waals surface area contributed by atoms with Gasteiger partial charge in [-0.3, -0.25) is 19.4 Å². The molecular formula is C22H20Cl2N4O5. The molecule has 0 saturated carbocycles. The topological polar surface area (TPSA) is 137 Å². The van der Waals surface area contributed by atoms with E-state index in [2.05, 4.69) is 20.9 Å². The van der Waals surface area contributed by atoms with E-state index >= 15 is 0 Å². The van der Waals surface area contributed by atoms with Gasteiger partial charge in [0, 0.05) is 30.4 Å². The summed E-state index contributed by atoms with van der Waals surface area (Å²) >= 11 is 12.0. The van der Waals surface area contributed by atoms with Crippen molar-refractivity contribution in [1.82, 2.24) is 4.98 Å². The molecule has 0 aliphatic carbocycles. The van der Waals surface area contributed by atoms with Gasteiger partial charge in [-0.2, -0.15) is 0 Å². The van der Waals surface area contributed by atoms with E-state index < -0.39 is 28.8 Å². The summed E-state index contributed by atoms with van der Waals surface area (Å²) in [7, 11) is 0. The Morgan fingerprint density at radius 1 is 0.939 bits per heavy atom. The number of hydrogen-bond acceptors (Lipinski definition) is 7. The minimum Gasteiger partial charge on any atom is -0.480 e. The fourth-order valence-electron chi connectivity index (χ4n) is 3.07. The Hall–Kier alpha value is -3.43. The summed E-state index contributed by atoms with van der Waals surface area (Å²) in [5.41, 5.74) is -0.261. The van der Waals surface area contributed by atoms with E-state index in [-0.39, 0.29) is 39.6 Å². The SMILES string of the molecule is CC(C)Nc1c(N[C@@H](Cc2ccc(C(=O)Nc3c(Cl)cncc3Cl)cc2)C(=O)O)c(=O)c1=O. The zero-order chi connectivity index (χ0) is 24.3. The Kier molecular flexibility index (Phi) is 7.35. The molecule has 4 N–H and O–H groups in total. The van der Waals surface area contributed by atoms with E-state index in [9.17, 15) is 24.3 Å². The van der Waals surface area contributed by atoms with Gasteiger partial charge in [-0.1, -0.05) is 35.3 Å². The Labute approximate surface area is 198 Å².